The predicted octanol–water partition coefficient (Wildman–Crippen LogP) is 2.00. The van der Waals surface area contributed by atoms with Gasteiger partial charge in [-0.1, -0.05) is 6.07 Å². The van der Waals surface area contributed by atoms with Crippen LogP contribution in [0.15, 0.2) is 29.4 Å². The summed E-state index contributed by atoms with van der Waals surface area (Å²) in [5.41, 5.74) is 0.663. The topological polar surface area (TPSA) is 96.7 Å². The smallest absolute Gasteiger partial charge is 0.253 e. The number of carbonyl (C=O) groups excluding carboxylic acids is 2. The number of hydrogen-bond acceptors (Lipinski definition) is 6. The molecule has 33 heavy (non-hydrogen) atoms. The summed E-state index contributed by atoms with van der Waals surface area (Å²) >= 11 is 0. The Balaban J connectivity index is 1.22. The van der Waals surface area contributed by atoms with Crippen LogP contribution in [-0.4, -0.2) is 82.0 Å². The molecule has 2 amide bonds. The molecule has 3 heterocycles. The Hall–Kier alpha value is -2.45. The quantitative estimate of drug-likeness (QED) is 0.709. The third kappa shape index (κ3) is 4.92. The molecule has 0 spiro atoms. The molecule has 5 rings (SSSR count). The van der Waals surface area contributed by atoms with Crippen molar-refractivity contribution in [3.8, 4) is 0 Å². The molecule has 1 atom stereocenters. The lowest BCUT2D eigenvalue weighted by Crippen LogP contribution is -2.49. The monoisotopic (exact) mass is 454 g/mol. The summed E-state index contributed by atoms with van der Waals surface area (Å²) in [6.07, 6.45) is 7.33. The van der Waals surface area contributed by atoms with Gasteiger partial charge in [-0.2, -0.15) is 5.10 Å². The van der Waals surface area contributed by atoms with Gasteiger partial charge in [-0.3, -0.25) is 14.6 Å². The summed E-state index contributed by atoms with van der Waals surface area (Å²) < 4.78 is 0. The van der Waals surface area contributed by atoms with Crippen LogP contribution < -0.4 is 5.01 Å². The first-order valence-corrected chi connectivity index (χ1v) is 12.3. The fourth-order valence-corrected chi connectivity index (χ4v) is 5.31. The zero-order chi connectivity index (χ0) is 23.0. The van der Waals surface area contributed by atoms with E-state index in [1.54, 1.807) is 4.90 Å². The molecule has 1 aliphatic carbocycles. The average molecular weight is 455 g/mol. The van der Waals surface area contributed by atoms with Crippen LogP contribution in [-0.2, 0) is 4.79 Å². The molecule has 8 heteroatoms. The van der Waals surface area contributed by atoms with Gasteiger partial charge >= 0.3 is 0 Å². The molecular weight excluding hydrogens is 420 g/mol. The van der Waals surface area contributed by atoms with Gasteiger partial charge in [0.1, 0.15) is 0 Å². The highest BCUT2D eigenvalue weighted by Crippen LogP contribution is 2.36. The number of aliphatic hydroxyl groups is 2. The van der Waals surface area contributed by atoms with Crippen molar-refractivity contribution in [1.82, 2.24) is 9.80 Å². The molecule has 1 unspecified atom stereocenters. The largest absolute Gasteiger partial charge is 0.393 e. The highest BCUT2D eigenvalue weighted by atomic mass is 16.3. The predicted molar refractivity (Wildman–Crippen MR) is 125 cm³/mol. The summed E-state index contributed by atoms with van der Waals surface area (Å²) in [4.78, 5) is 29.0. The molecule has 0 radical (unpaired) electrons. The fraction of sp³-hybridized carbons (Fsp3) is 0.640. The minimum atomic E-state index is -0.807. The summed E-state index contributed by atoms with van der Waals surface area (Å²) in [5, 5.41) is 27.5. The first-order chi connectivity index (χ1) is 15.9. The van der Waals surface area contributed by atoms with Crippen molar-refractivity contribution in [1.29, 1.82) is 0 Å². The molecule has 0 aromatic heterocycles. The second-order valence-electron chi connectivity index (χ2n) is 10.1. The first kappa shape index (κ1) is 22.3. The highest BCUT2D eigenvalue weighted by Gasteiger charge is 2.41. The number of rotatable bonds is 5. The van der Waals surface area contributed by atoms with E-state index < -0.39 is 5.60 Å². The van der Waals surface area contributed by atoms with Crippen LogP contribution in [0.1, 0.15) is 61.7 Å². The molecule has 178 valence electrons. The Labute approximate surface area is 194 Å². The molecule has 1 saturated carbocycles. The van der Waals surface area contributed by atoms with Crippen LogP contribution >= 0.6 is 0 Å². The number of hydrazone groups is 1. The second-order valence-corrected chi connectivity index (χ2v) is 10.1. The van der Waals surface area contributed by atoms with Crippen LogP contribution in [0.2, 0.25) is 0 Å². The molecule has 3 fully saturated rings. The van der Waals surface area contributed by atoms with Crippen molar-refractivity contribution >= 4 is 23.7 Å². The SMILES string of the molecule is O=C(c1cccc(N2N=CCC2CC2(O)CCN(C(=O)C3CC3)CC2)c1)N1CCC(O)CC1. The molecular formula is C25H34N4O4. The van der Waals surface area contributed by atoms with E-state index in [9.17, 15) is 19.8 Å². The number of amides is 2. The normalized spacial score (nSPS) is 25.5. The summed E-state index contributed by atoms with van der Waals surface area (Å²) in [7, 11) is 0. The van der Waals surface area contributed by atoms with Crippen LogP contribution in [0.4, 0.5) is 5.69 Å². The molecule has 1 aromatic rings. The number of carbonyl (C=O) groups is 2. The van der Waals surface area contributed by atoms with Gasteiger partial charge in [0, 0.05) is 50.3 Å². The maximum atomic E-state index is 13.0. The lowest BCUT2D eigenvalue weighted by Gasteiger charge is -2.40. The average Bonchev–Trinajstić information content (AvgIpc) is 3.58. The van der Waals surface area contributed by atoms with Crippen LogP contribution in [0.25, 0.3) is 0 Å². The number of piperidine rings is 2. The van der Waals surface area contributed by atoms with Crippen molar-refractivity contribution < 1.29 is 19.8 Å². The molecule has 0 bridgehead atoms. The van der Waals surface area contributed by atoms with E-state index >= 15 is 0 Å². The van der Waals surface area contributed by atoms with Crippen molar-refractivity contribution in [3.05, 3.63) is 29.8 Å². The number of anilines is 1. The third-order valence-corrected chi connectivity index (χ3v) is 7.59. The lowest BCUT2D eigenvalue weighted by atomic mass is 9.84. The molecule has 2 N–H and O–H groups in total. The van der Waals surface area contributed by atoms with Crippen molar-refractivity contribution in [2.45, 2.75) is 69.1 Å². The Kier molecular flexibility index (Phi) is 6.14. The molecule has 3 aliphatic heterocycles. The summed E-state index contributed by atoms with van der Waals surface area (Å²) in [6, 6.07) is 7.56. The van der Waals surface area contributed by atoms with Crippen LogP contribution in [0.3, 0.4) is 0 Å². The van der Waals surface area contributed by atoms with Crippen molar-refractivity contribution in [2.75, 3.05) is 31.2 Å². The van der Waals surface area contributed by atoms with Gasteiger partial charge in [-0.05, 0) is 63.1 Å². The number of nitrogens with zero attached hydrogens (tertiary/aromatic N) is 4. The van der Waals surface area contributed by atoms with Crippen molar-refractivity contribution in [2.24, 2.45) is 11.0 Å². The van der Waals surface area contributed by atoms with Gasteiger partial charge in [-0.25, -0.2) is 0 Å². The highest BCUT2D eigenvalue weighted by molar-refractivity contribution is 5.95. The van der Waals surface area contributed by atoms with E-state index in [2.05, 4.69) is 5.10 Å². The van der Waals surface area contributed by atoms with Gasteiger partial charge in [0.25, 0.3) is 5.91 Å². The van der Waals surface area contributed by atoms with Gasteiger partial charge < -0.3 is 20.0 Å². The van der Waals surface area contributed by atoms with E-state index in [1.165, 1.54) is 0 Å². The second kappa shape index (κ2) is 9.06. The maximum absolute atomic E-state index is 13.0. The van der Waals surface area contributed by atoms with E-state index in [-0.39, 0.29) is 29.9 Å². The van der Waals surface area contributed by atoms with E-state index in [4.69, 9.17) is 0 Å². The third-order valence-electron chi connectivity index (χ3n) is 7.59. The number of aliphatic hydroxyl groups excluding tert-OH is 1. The Morgan fingerprint density at radius 1 is 1.03 bits per heavy atom. The standard InChI is InChI=1S/C25H34N4O4/c30-22-7-12-27(13-8-22)24(32)19-2-1-3-20(16-19)29-21(6-11-26-29)17-25(33)9-14-28(15-10-25)23(31)18-4-5-18/h1-3,11,16,18,21-22,30,33H,4-10,12-15,17H2. The molecule has 4 aliphatic rings. The van der Waals surface area contributed by atoms with E-state index in [0.29, 0.717) is 63.8 Å². The first-order valence-electron chi connectivity index (χ1n) is 12.3. The lowest BCUT2D eigenvalue weighted by molar-refractivity contribution is -0.137. The van der Waals surface area contributed by atoms with Crippen LogP contribution in [0.5, 0.6) is 0 Å². The molecule has 8 nitrogen and oxygen atoms in total. The summed E-state index contributed by atoms with van der Waals surface area (Å²) in [5.74, 6) is 0.460. The Bertz CT molecular complexity index is 915. The number of benzene rings is 1. The van der Waals surface area contributed by atoms with E-state index in [0.717, 1.165) is 24.9 Å². The van der Waals surface area contributed by atoms with Crippen LogP contribution in [0, 0.1) is 5.92 Å². The number of likely N-dealkylation sites (tertiary alicyclic amines) is 2. The van der Waals surface area contributed by atoms with Gasteiger partial charge in [0.2, 0.25) is 5.91 Å². The Morgan fingerprint density at radius 3 is 2.45 bits per heavy atom. The maximum Gasteiger partial charge on any atom is 0.253 e. The minimum absolute atomic E-state index is 0.0187. The minimum Gasteiger partial charge on any atom is -0.393 e. The molecule has 1 aromatic carbocycles. The van der Waals surface area contributed by atoms with Gasteiger partial charge in [-0.15, -0.1) is 0 Å². The zero-order valence-corrected chi connectivity index (χ0v) is 19.1. The van der Waals surface area contributed by atoms with E-state index in [1.807, 2.05) is 40.4 Å². The Morgan fingerprint density at radius 2 is 1.76 bits per heavy atom. The summed E-state index contributed by atoms with van der Waals surface area (Å²) in [6.45, 7) is 2.38. The van der Waals surface area contributed by atoms with Gasteiger partial charge in [0.15, 0.2) is 0 Å². The molecule has 2 saturated heterocycles. The fourth-order valence-electron chi connectivity index (χ4n) is 5.31. The van der Waals surface area contributed by atoms with Gasteiger partial charge in [0.05, 0.1) is 23.4 Å². The van der Waals surface area contributed by atoms with Crippen molar-refractivity contribution in [3.63, 3.8) is 0 Å². The number of hydrogen-bond donors (Lipinski definition) is 2. The zero-order valence-electron chi connectivity index (χ0n) is 19.1.